The second kappa shape index (κ2) is 43.9. The first-order valence-corrected chi connectivity index (χ1v) is 28.1. The van der Waals surface area contributed by atoms with Gasteiger partial charge in [0.15, 0.2) is 18.9 Å². The van der Waals surface area contributed by atoms with Crippen LogP contribution in [0.4, 0.5) is 0 Å². The van der Waals surface area contributed by atoms with Gasteiger partial charge in [-0.15, -0.1) is 0 Å². The molecule has 8 unspecified atom stereocenters. The maximum absolute atomic E-state index is 12.5. The summed E-state index contributed by atoms with van der Waals surface area (Å²) in [5.41, 5.74) is -2.19. The predicted octanol–water partition coefficient (Wildman–Crippen LogP) is -8.50. The third kappa shape index (κ3) is 29.6. The molecule has 0 radical (unpaired) electrons. The first kappa shape index (κ1) is 75.6. The van der Waals surface area contributed by atoms with Crippen molar-refractivity contribution in [2.45, 2.75) is 118 Å². The minimum Gasteiger partial charge on any atom is -0.394 e. The average molecular weight is 1230 g/mol. The molecule has 3 heterocycles. The zero-order chi connectivity index (χ0) is 61.6. The Labute approximate surface area is 487 Å². The Morgan fingerprint density at radius 2 is 0.738 bits per heavy atom. The highest BCUT2D eigenvalue weighted by molar-refractivity contribution is 5.76. The molecule has 33 heteroatoms. The molecule has 0 bridgehead atoms. The second-order valence-corrected chi connectivity index (χ2v) is 20.2. The molecule has 494 valence electrons. The molecular weight excluding hydrogens is 1130 g/mol. The minimum absolute atomic E-state index is 0.0109. The molecule has 0 aliphatic carbocycles. The normalized spacial score (nSPS) is 27.8. The predicted molar refractivity (Wildman–Crippen MR) is 282 cm³/mol. The highest BCUT2D eigenvalue weighted by atomic mass is 16.7. The first-order valence-electron chi connectivity index (χ1n) is 28.1. The van der Waals surface area contributed by atoms with E-state index in [1.807, 2.05) is 6.92 Å². The van der Waals surface area contributed by atoms with Gasteiger partial charge in [-0.05, 0) is 0 Å². The van der Waals surface area contributed by atoms with Gasteiger partial charge >= 0.3 is 0 Å². The summed E-state index contributed by atoms with van der Waals surface area (Å²) in [6.07, 6.45) is -17.7. The van der Waals surface area contributed by atoms with Gasteiger partial charge in [-0.3, -0.25) is 14.4 Å². The smallest absolute Gasteiger partial charge is 0.222 e. The van der Waals surface area contributed by atoms with E-state index in [2.05, 4.69) is 16.0 Å². The molecule has 0 aromatic heterocycles. The molecule has 13 atom stereocenters. The van der Waals surface area contributed by atoms with Crippen molar-refractivity contribution in [3.63, 3.8) is 0 Å². The number of rotatable bonds is 49. The molecule has 84 heavy (non-hydrogen) atoms. The van der Waals surface area contributed by atoms with Crippen molar-refractivity contribution in [2.24, 2.45) is 5.41 Å². The molecule has 3 fully saturated rings. The van der Waals surface area contributed by atoms with Gasteiger partial charge in [0.25, 0.3) is 0 Å². The summed E-state index contributed by atoms with van der Waals surface area (Å²) in [6.45, 7) is 2.80. The van der Waals surface area contributed by atoms with Crippen molar-refractivity contribution >= 4 is 17.7 Å². The fourth-order valence-corrected chi connectivity index (χ4v) is 8.11. The lowest BCUT2D eigenvalue weighted by Crippen LogP contribution is -2.59. The Kier molecular flexibility index (Phi) is 39.5. The van der Waals surface area contributed by atoms with Crippen LogP contribution < -0.4 is 16.0 Å². The minimum atomic E-state index is -1.55. The van der Waals surface area contributed by atoms with Crippen LogP contribution in [0.25, 0.3) is 0 Å². The Hall–Kier alpha value is -2.67. The number of carbonyl (C=O) groups is 3. The van der Waals surface area contributed by atoms with E-state index in [1.54, 1.807) is 0 Å². The van der Waals surface area contributed by atoms with E-state index >= 15 is 0 Å². The molecule has 3 aliphatic rings. The summed E-state index contributed by atoms with van der Waals surface area (Å²) in [4.78, 5) is 37.6. The van der Waals surface area contributed by atoms with Gasteiger partial charge in [-0.1, -0.05) is 6.92 Å². The largest absolute Gasteiger partial charge is 0.394 e. The molecule has 3 amide bonds. The van der Waals surface area contributed by atoms with Crippen molar-refractivity contribution in [3.05, 3.63) is 0 Å². The molecule has 0 aromatic rings. The van der Waals surface area contributed by atoms with Crippen LogP contribution in [0, 0.1) is 5.41 Å². The van der Waals surface area contributed by atoms with Gasteiger partial charge in [-0.25, -0.2) is 0 Å². The zero-order valence-corrected chi connectivity index (χ0v) is 47.8. The van der Waals surface area contributed by atoms with E-state index in [0.29, 0.717) is 0 Å². The molecule has 0 aromatic carbocycles. The lowest BCUT2D eigenvalue weighted by Gasteiger charge is -2.43. The molecule has 0 spiro atoms. The molecule has 3 saturated heterocycles. The van der Waals surface area contributed by atoms with E-state index < -0.39 is 117 Å². The first-order chi connectivity index (χ1) is 40.4. The van der Waals surface area contributed by atoms with Gasteiger partial charge in [0.05, 0.1) is 171 Å². The summed E-state index contributed by atoms with van der Waals surface area (Å²) < 4.78 is 82.5. The third-order valence-electron chi connectivity index (χ3n) is 13.0. The maximum Gasteiger partial charge on any atom is 0.222 e. The summed E-state index contributed by atoms with van der Waals surface area (Å²) in [5.74, 6) is -0.846. The molecule has 3 aliphatic heterocycles. The van der Waals surface area contributed by atoms with Crippen LogP contribution in [0.5, 0.6) is 0 Å². The molecule has 0 saturated carbocycles. The van der Waals surface area contributed by atoms with Crippen molar-refractivity contribution in [2.75, 3.05) is 185 Å². The molecule has 15 N–H and O–H groups in total. The quantitative estimate of drug-likeness (QED) is 0.0252. The Morgan fingerprint density at radius 3 is 1.07 bits per heavy atom. The van der Waals surface area contributed by atoms with E-state index in [4.69, 9.17) is 71.1 Å². The monoisotopic (exact) mass is 1230 g/mol. The Balaban J connectivity index is 1.27. The van der Waals surface area contributed by atoms with Crippen LogP contribution >= 0.6 is 0 Å². The SMILES string of the molecule is CC(COCCC(=O)NCCOCCOCCO[C@H]1OC(CO)(CO)CC(O)C1O)(COCCC(=O)NCCOCCOCCO[C@H]1OC(CO)[C@@H](O)C(O)C1O)COCCC(=O)NCCOCCOCCO[C@H]1OC(CO)[C@@H](O)C(O)C1O. The average Bonchev–Trinajstić information content (AvgIpc) is 3.68. The Morgan fingerprint density at radius 1 is 0.417 bits per heavy atom. The van der Waals surface area contributed by atoms with Gasteiger partial charge in [0, 0.05) is 50.7 Å². The molecular formula is C51H95N3O30. The van der Waals surface area contributed by atoms with Crippen LogP contribution in [-0.2, 0) is 85.4 Å². The fourth-order valence-electron chi connectivity index (χ4n) is 8.11. The summed E-state index contributed by atoms with van der Waals surface area (Å²) >= 11 is 0. The Bertz CT molecular complexity index is 1640. The van der Waals surface area contributed by atoms with Gasteiger partial charge < -0.3 is 148 Å². The van der Waals surface area contributed by atoms with Crippen LogP contribution in [0.1, 0.15) is 32.6 Å². The van der Waals surface area contributed by atoms with Crippen molar-refractivity contribution in [1.82, 2.24) is 16.0 Å². The number of nitrogens with one attached hydrogen (secondary N) is 3. The number of hydrogen-bond donors (Lipinski definition) is 15. The third-order valence-corrected chi connectivity index (χ3v) is 13.0. The number of aliphatic hydroxyl groups excluding tert-OH is 12. The summed E-state index contributed by atoms with van der Waals surface area (Å²) in [6, 6.07) is 0. The molecule has 3 rings (SSSR count). The topological polar surface area (TPSA) is 469 Å². The number of amides is 3. The van der Waals surface area contributed by atoms with Gasteiger partial charge in [-0.2, -0.15) is 0 Å². The molecule has 33 nitrogen and oxygen atoms in total. The second-order valence-electron chi connectivity index (χ2n) is 20.2. The summed E-state index contributed by atoms with van der Waals surface area (Å²) in [5, 5.41) is 126. The highest BCUT2D eigenvalue weighted by Gasteiger charge is 2.47. The van der Waals surface area contributed by atoms with E-state index in [1.165, 1.54) is 0 Å². The maximum atomic E-state index is 12.5. The number of hydrogen-bond acceptors (Lipinski definition) is 30. The number of carbonyl (C=O) groups excluding carboxylic acids is 3. The van der Waals surface area contributed by atoms with E-state index in [0.717, 1.165) is 0 Å². The van der Waals surface area contributed by atoms with Crippen LogP contribution in [-0.4, -0.2) is 349 Å². The van der Waals surface area contributed by atoms with Crippen molar-refractivity contribution in [1.29, 1.82) is 0 Å². The zero-order valence-electron chi connectivity index (χ0n) is 47.8. The van der Waals surface area contributed by atoms with Gasteiger partial charge in [0.2, 0.25) is 17.7 Å². The van der Waals surface area contributed by atoms with Crippen LogP contribution in [0.3, 0.4) is 0 Å². The van der Waals surface area contributed by atoms with Crippen LogP contribution in [0.2, 0.25) is 0 Å². The standard InChI is InChI=1S/C51H95N3O30/c1-50(31-76-8-2-37(60)52-5-11-70-14-17-73-20-23-79-47-45(68)43(66)41(64)35(27-55)82-47,32-77-9-3-38(61)53-6-12-71-15-18-74-21-24-80-48-46(69)44(67)42(65)36(28-56)83-48)33-78-10-4-39(62)54-7-13-72-16-19-75-22-25-81-49-40(63)34(59)26-51(29-57,30-58)84-49/h34-36,40-49,55-59,63-69H,2-33H2,1H3,(H,52,60)(H,53,61)(H,54,62)/t34?,35?,36?,40?,41-,42-,43?,44?,45?,46?,47+,48+,49+,50?/m1/s1. The van der Waals surface area contributed by atoms with E-state index in [-0.39, 0.29) is 202 Å². The number of aliphatic hydroxyl groups is 12. The lowest BCUT2D eigenvalue weighted by atomic mass is 9.91. The highest BCUT2D eigenvalue weighted by Crippen LogP contribution is 2.30. The van der Waals surface area contributed by atoms with Crippen molar-refractivity contribution in [3.8, 4) is 0 Å². The van der Waals surface area contributed by atoms with E-state index in [9.17, 15) is 75.7 Å². The fraction of sp³-hybridized carbons (Fsp3) is 0.941. The lowest BCUT2D eigenvalue weighted by molar-refractivity contribution is -0.313. The number of ether oxygens (including phenoxy) is 15. The van der Waals surface area contributed by atoms with Gasteiger partial charge in [0.1, 0.15) is 60.5 Å². The summed E-state index contributed by atoms with van der Waals surface area (Å²) in [7, 11) is 0. The van der Waals surface area contributed by atoms with Crippen molar-refractivity contribution < 1.29 is 147 Å². The van der Waals surface area contributed by atoms with Crippen LogP contribution in [0.15, 0.2) is 0 Å².